The summed E-state index contributed by atoms with van der Waals surface area (Å²) in [7, 11) is 1.29. The van der Waals surface area contributed by atoms with Crippen LogP contribution < -0.4 is 16.0 Å². The van der Waals surface area contributed by atoms with E-state index in [1.54, 1.807) is 4.68 Å². The molecule has 4 heterocycles. The Morgan fingerprint density at radius 3 is 2.52 bits per heavy atom. The van der Waals surface area contributed by atoms with Gasteiger partial charge in [0.2, 0.25) is 5.91 Å². The van der Waals surface area contributed by atoms with E-state index in [2.05, 4.69) is 80.5 Å². The van der Waals surface area contributed by atoms with Gasteiger partial charge in [-0.1, -0.05) is 74.9 Å². The molecule has 0 radical (unpaired) electrons. The van der Waals surface area contributed by atoms with Gasteiger partial charge in [0.25, 0.3) is 0 Å². The zero-order chi connectivity index (χ0) is 38.2. The highest BCUT2D eigenvalue weighted by Gasteiger charge is 2.28. The number of hydrogen-bond acceptors (Lipinski definition) is 12. The molecule has 1 amide bonds. The summed E-state index contributed by atoms with van der Waals surface area (Å²) >= 11 is 0. The van der Waals surface area contributed by atoms with Crippen LogP contribution in [0.25, 0.3) is 17.0 Å². The molecule has 1 fully saturated rings. The number of rotatable bonds is 19. The summed E-state index contributed by atoms with van der Waals surface area (Å²) in [6, 6.07) is 11.4. The number of benzene rings is 1. The Morgan fingerprint density at radius 1 is 1.00 bits per heavy atom. The Balaban J connectivity index is 0.986. The maximum atomic E-state index is 13.4. The van der Waals surface area contributed by atoms with E-state index in [0.717, 1.165) is 61.0 Å². The highest BCUT2D eigenvalue weighted by atomic mass is 16.5. The fraction of sp³-hybridized carbons (Fsp3) is 0.553. The van der Waals surface area contributed by atoms with Crippen LogP contribution in [0.5, 0.6) is 0 Å². The van der Waals surface area contributed by atoms with Crippen molar-refractivity contribution < 1.29 is 14.3 Å². The van der Waals surface area contributed by atoms with Crippen molar-refractivity contribution >= 4 is 23.3 Å². The third-order valence-electron chi connectivity index (χ3n) is 9.78. The number of aromatic nitrogens is 10. The topological polar surface area (TPSA) is 184 Å². The van der Waals surface area contributed by atoms with E-state index in [4.69, 9.17) is 9.84 Å². The lowest BCUT2D eigenvalue weighted by Gasteiger charge is -2.30. The number of carbonyl (C=O) groups excluding carboxylic acids is 2. The summed E-state index contributed by atoms with van der Waals surface area (Å²) < 4.78 is 9.73. The molecular formula is C38H53N13O3. The van der Waals surface area contributed by atoms with Crippen LogP contribution in [0.1, 0.15) is 100 Å². The summed E-state index contributed by atoms with van der Waals surface area (Å²) in [6.45, 7) is 13.3. The molecule has 0 spiro atoms. The minimum Gasteiger partial charge on any atom is -0.464 e. The average molecular weight is 740 g/mol. The maximum absolute atomic E-state index is 13.4. The molecule has 1 aliphatic carbocycles. The van der Waals surface area contributed by atoms with Crippen LogP contribution in [-0.4, -0.2) is 94.5 Å². The maximum Gasteiger partial charge on any atom is 0.360 e. The number of anilines is 1. The molecule has 5 aromatic rings. The molecule has 1 aliphatic rings. The number of nitrogens with zero attached hydrogens (tertiary/aromatic N) is 10. The van der Waals surface area contributed by atoms with Gasteiger partial charge >= 0.3 is 5.97 Å². The van der Waals surface area contributed by atoms with Crippen LogP contribution in [0.4, 0.5) is 5.82 Å². The average Bonchev–Trinajstić information content (AvgIpc) is 3.89. The first-order chi connectivity index (χ1) is 26.0. The number of amides is 1. The standard InChI is InChI=1S/C38H53N13O3/c1-25(2)18-32(36(52)41-26(3)20-49-22-31(43-47-49)37(53)54-6)50-21-29(42-48-50)16-11-17-39-23-38(4,5)24-40-34-30(27-14-10-15-27)19-33-44-45-35(51(33)46-34)28-12-8-7-9-13-28/h7-9,12-13,19,21-22,25-27,32,39H,10-11,14-18,20,23-24H2,1-6H3,(H,40,46)(H,41,52)/t26-,32-/m0/s1. The summed E-state index contributed by atoms with van der Waals surface area (Å²) in [5.74, 6) is 1.70. The molecule has 16 heteroatoms. The summed E-state index contributed by atoms with van der Waals surface area (Å²) in [5, 5.41) is 40.9. The molecule has 0 aliphatic heterocycles. The smallest absolute Gasteiger partial charge is 0.360 e. The largest absolute Gasteiger partial charge is 0.464 e. The van der Waals surface area contributed by atoms with Crippen molar-refractivity contribution in [3.63, 3.8) is 0 Å². The summed E-state index contributed by atoms with van der Waals surface area (Å²) in [5.41, 5.74) is 3.90. The van der Waals surface area contributed by atoms with Crippen LogP contribution in [0.15, 0.2) is 48.8 Å². The second kappa shape index (κ2) is 17.3. The number of nitrogens with one attached hydrogen (secondary N) is 3. The van der Waals surface area contributed by atoms with E-state index in [1.165, 1.54) is 42.8 Å². The molecule has 1 saturated carbocycles. The molecule has 1 aromatic carbocycles. The lowest BCUT2D eigenvalue weighted by molar-refractivity contribution is -0.125. The zero-order valence-electron chi connectivity index (χ0n) is 32.2. The number of aryl methyl sites for hydroxylation is 1. The molecular weight excluding hydrogens is 687 g/mol. The van der Waals surface area contributed by atoms with Gasteiger partial charge in [-0.25, -0.2) is 14.2 Å². The van der Waals surface area contributed by atoms with Gasteiger partial charge in [-0.2, -0.15) is 4.52 Å². The van der Waals surface area contributed by atoms with Crippen molar-refractivity contribution in [3.8, 4) is 11.4 Å². The van der Waals surface area contributed by atoms with Gasteiger partial charge in [-0.3, -0.25) is 4.79 Å². The van der Waals surface area contributed by atoms with Crippen LogP contribution >= 0.6 is 0 Å². The first-order valence-corrected chi connectivity index (χ1v) is 19.0. The SMILES string of the molecule is COC(=O)c1cn(C[C@H](C)NC(=O)[C@H](CC(C)C)n2cc(CCCNCC(C)(C)CNc3nn4c(-c5ccccc5)nnc4cc3C3CCC3)nn2)nn1. The Kier molecular flexibility index (Phi) is 12.3. The highest BCUT2D eigenvalue weighted by Crippen LogP contribution is 2.40. The molecule has 2 atom stereocenters. The predicted octanol–water partition coefficient (Wildman–Crippen LogP) is 4.48. The van der Waals surface area contributed by atoms with E-state index >= 15 is 0 Å². The van der Waals surface area contributed by atoms with Crippen molar-refractivity contribution in [2.24, 2.45) is 11.3 Å². The van der Waals surface area contributed by atoms with Crippen LogP contribution in [0.3, 0.4) is 0 Å². The number of fused-ring (bicyclic) bond motifs is 1. The molecule has 16 nitrogen and oxygen atoms in total. The van der Waals surface area contributed by atoms with Crippen LogP contribution in [-0.2, 0) is 22.5 Å². The van der Waals surface area contributed by atoms with Crippen LogP contribution in [0, 0.1) is 11.3 Å². The van der Waals surface area contributed by atoms with Gasteiger partial charge < -0.3 is 20.7 Å². The van der Waals surface area contributed by atoms with Gasteiger partial charge in [-0.05, 0) is 68.9 Å². The van der Waals surface area contributed by atoms with Gasteiger partial charge in [0.1, 0.15) is 6.04 Å². The number of ether oxygens (including phenoxy) is 1. The molecule has 4 aromatic heterocycles. The zero-order valence-corrected chi connectivity index (χ0v) is 32.2. The van der Waals surface area contributed by atoms with Crippen molar-refractivity contribution in [2.75, 3.05) is 32.1 Å². The van der Waals surface area contributed by atoms with E-state index in [9.17, 15) is 9.59 Å². The van der Waals surface area contributed by atoms with Gasteiger partial charge in [0.15, 0.2) is 23.0 Å². The Hall–Kier alpha value is -5.25. The molecule has 0 bridgehead atoms. The second-order valence-corrected chi connectivity index (χ2v) is 15.6. The third kappa shape index (κ3) is 9.64. The van der Waals surface area contributed by atoms with E-state index < -0.39 is 12.0 Å². The lowest BCUT2D eigenvalue weighted by Crippen LogP contribution is -2.41. The Bertz CT molecular complexity index is 2000. The van der Waals surface area contributed by atoms with Crippen molar-refractivity contribution in [1.82, 2.24) is 60.4 Å². The monoisotopic (exact) mass is 739 g/mol. The minimum absolute atomic E-state index is 0.0434. The first kappa shape index (κ1) is 38.5. The first-order valence-electron chi connectivity index (χ1n) is 19.0. The van der Waals surface area contributed by atoms with Gasteiger partial charge in [-0.15, -0.1) is 25.5 Å². The van der Waals surface area contributed by atoms with Gasteiger partial charge in [0.05, 0.1) is 25.5 Å². The molecule has 6 rings (SSSR count). The number of methoxy groups -OCH3 is 1. The predicted molar refractivity (Wildman–Crippen MR) is 204 cm³/mol. The third-order valence-corrected chi connectivity index (χ3v) is 9.78. The van der Waals surface area contributed by atoms with Gasteiger partial charge in [0, 0.05) is 36.5 Å². The number of hydrogen-bond donors (Lipinski definition) is 3. The number of esters is 1. The minimum atomic E-state index is -0.559. The molecule has 0 unspecified atom stereocenters. The summed E-state index contributed by atoms with van der Waals surface area (Å²) in [4.78, 5) is 25.1. The van der Waals surface area contributed by atoms with Crippen molar-refractivity contribution in [1.29, 1.82) is 0 Å². The highest BCUT2D eigenvalue weighted by molar-refractivity contribution is 5.86. The normalized spacial score (nSPS) is 14.6. The number of carbonyl (C=O) groups is 2. The fourth-order valence-electron chi connectivity index (χ4n) is 6.60. The summed E-state index contributed by atoms with van der Waals surface area (Å²) in [6.07, 6.45) is 9.20. The second-order valence-electron chi connectivity index (χ2n) is 15.6. The molecule has 54 heavy (non-hydrogen) atoms. The molecule has 288 valence electrons. The van der Waals surface area contributed by atoms with Crippen molar-refractivity contribution in [2.45, 2.75) is 97.7 Å². The quantitative estimate of drug-likeness (QED) is 0.0799. The molecule has 0 saturated heterocycles. The van der Waals surface area contributed by atoms with E-state index in [-0.39, 0.29) is 29.0 Å². The van der Waals surface area contributed by atoms with E-state index in [1.807, 2.05) is 48.0 Å². The lowest BCUT2D eigenvalue weighted by atomic mass is 9.80. The van der Waals surface area contributed by atoms with Crippen LogP contribution in [0.2, 0.25) is 0 Å². The Morgan fingerprint density at radius 2 is 1.80 bits per heavy atom. The molecule has 3 N–H and O–H groups in total. The fourth-order valence-corrected chi connectivity index (χ4v) is 6.60. The Labute approximate surface area is 315 Å². The van der Waals surface area contributed by atoms with E-state index in [0.29, 0.717) is 18.9 Å². The van der Waals surface area contributed by atoms with Crippen molar-refractivity contribution in [3.05, 3.63) is 65.7 Å².